The van der Waals surface area contributed by atoms with Gasteiger partial charge in [-0.25, -0.2) is 4.79 Å². The second-order valence-corrected chi connectivity index (χ2v) is 5.96. The molecule has 0 spiro atoms. The minimum atomic E-state index is -0.138. The molecule has 2 aliphatic rings. The second kappa shape index (κ2) is 7.50. The third-order valence-electron chi connectivity index (χ3n) is 4.37. The molecule has 1 unspecified atom stereocenters. The molecule has 1 aromatic heterocycles. The van der Waals surface area contributed by atoms with Crippen LogP contribution in [0.2, 0.25) is 0 Å². The lowest BCUT2D eigenvalue weighted by Gasteiger charge is -2.36. The molecule has 0 saturated carbocycles. The maximum absolute atomic E-state index is 12.6. The van der Waals surface area contributed by atoms with Crippen LogP contribution in [0, 0.1) is 5.92 Å². The van der Waals surface area contributed by atoms with Gasteiger partial charge in [0, 0.05) is 26.2 Å². The van der Waals surface area contributed by atoms with Gasteiger partial charge in [0.1, 0.15) is 5.76 Å². The molecular weight excluding hydrogens is 298 g/mol. The van der Waals surface area contributed by atoms with Crippen LogP contribution in [0.5, 0.6) is 0 Å². The van der Waals surface area contributed by atoms with Gasteiger partial charge >= 0.3 is 6.03 Å². The number of rotatable bonds is 3. The minimum Gasteiger partial charge on any atom is -0.467 e. The average molecular weight is 321 g/mol. The smallest absolute Gasteiger partial charge is 0.317 e. The standard InChI is InChI=1S/C16H23N3O4/c20-15(18-6-9-22-10-7-18)13-3-1-5-19(12-13)16(21)17-11-14-4-2-8-23-14/h2,4,8,13H,1,3,5-7,9-12H2,(H,17,21). The van der Waals surface area contributed by atoms with Crippen molar-refractivity contribution in [1.82, 2.24) is 15.1 Å². The van der Waals surface area contributed by atoms with Gasteiger partial charge in [-0.2, -0.15) is 0 Å². The van der Waals surface area contributed by atoms with Crippen LogP contribution in [-0.2, 0) is 16.1 Å². The highest BCUT2D eigenvalue weighted by Gasteiger charge is 2.31. The highest BCUT2D eigenvalue weighted by Crippen LogP contribution is 2.19. The first kappa shape index (κ1) is 15.9. The predicted octanol–water partition coefficient (Wildman–Crippen LogP) is 1.06. The summed E-state index contributed by atoms with van der Waals surface area (Å²) in [5.74, 6) is 0.768. The number of nitrogens with one attached hydrogen (secondary N) is 1. The van der Waals surface area contributed by atoms with Gasteiger partial charge in [-0.1, -0.05) is 0 Å². The molecule has 7 heteroatoms. The van der Waals surface area contributed by atoms with Crippen molar-refractivity contribution in [1.29, 1.82) is 0 Å². The number of furan rings is 1. The van der Waals surface area contributed by atoms with E-state index in [1.807, 2.05) is 11.0 Å². The molecule has 7 nitrogen and oxygen atoms in total. The first-order chi connectivity index (χ1) is 11.2. The zero-order chi connectivity index (χ0) is 16.1. The number of carbonyl (C=O) groups is 2. The van der Waals surface area contributed by atoms with Crippen molar-refractivity contribution < 1.29 is 18.7 Å². The Morgan fingerprint density at radius 2 is 2.04 bits per heavy atom. The van der Waals surface area contributed by atoms with Gasteiger partial charge in [-0.15, -0.1) is 0 Å². The van der Waals surface area contributed by atoms with Crippen molar-refractivity contribution in [2.75, 3.05) is 39.4 Å². The fraction of sp³-hybridized carbons (Fsp3) is 0.625. The van der Waals surface area contributed by atoms with Crippen molar-refractivity contribution in [3.63, 3.8) is 0 Å². The number of amides is 3. The molecule has 3 heterocycles. The largest absolute Gasteiger partial charge is 0.467 e. The summed E-state index contributed by atoms with van der Waals surface area (Å²) < 4.78 is 10.5. The van der Waals surface area contributed by atoms with Crippen molar-refractivity contribution in [3.8, 4) is 0 Å². The lowest BCUT2D eigenvalue weighted by atomic mass is 9.96. The molecule has 0 radical (unpaired) electrons. The lowest BCUT2D eigenvalue weighted by molar-refractivity contribution is -0.141. The SMILES string of the molecule is O=C(NCc1ccco1)N1CCCC(C(=O)N2CCOCC2)C1. The number of piperidine rings is 1. The van der Waals surface area contributed by atoms with E-state index in [-0.39, 0.29) is 17.9 Å². The Hall–Kier alpha value is -2.02. The fourth-order valence-corrected chi connectivity index (χ4v) is 3.09. The van der Waals surface area contributed by atoms with E-state index in [0.29, 0.717) is 45.9 Å². The summed E-state index contributed by atoms with van der Waals surface area (Å²) >= 11 is 0. The monoisotopic (exact) mass is 321 g/mol. The Labute approximate surface area is 135 Å². The summed E-state index contributed by atoms with van der Waals surface area (Å²) in [4.78, 5) is 28.4. The Bertz CT molecular complexity index is 525. The van der Waals surface area contributed by atoms with Crippen molar-refractivity contribution in [2.45, 2.75) is 19.4 Å². The van der Waals surface area contributed by atoms with Crippen LogP contribution in [0.25, 0.3) is 0 Å². The van der Waals surface area contributed by atoms with Crippen molar-refractivity contribution >= 4 is 11.9 Å². The van der Waals surface area contributed by atoms with Gasteiger partial charge in [0.05, 0.1) is 31.9 Å². The van der Waals surface area contributed by atoms with Crippen LogP contribution < -0.4 is 5.32 Å². The fourth-order valence-electron chi connectivity index (χ4n) is 3.09. The van der Waals surface area contributed by atoms with Crippen LogP contribution >= 0.6 is 0 Å². The van der Waals surface area contributed by atoms with Crippen molar-refractivity contribution in [3.05, 3.63) is 24.2 Å². The number of ether oxygens (including phenoxy) is 1. The molecule has 23 heavy (non-hydrogen) atoms. The number of likely N-dealkylation sites (tertiary alicyclic amines) is 1. The Morgan fingerprint density at radius 3 is 2.78 bits per heavy atom. The van der Waals surface area contributed by atoms with Crippen LogP contribution in [-0.4, -0.2) is 61.1 Å². The third-order valence-corrected chi connectivity index (χ3v) is 4.37. The number of hydrogen-bond donors (Lipinski definition) is 1. The molecule has 3 amide bonds. The Kier molecular flexibility index (Phi) is 5.17. The van der Waals surface area contributed by atoms with E-state index < -0.39 is 0 Å². The van der Waals surface area contributed by atoms with E-state index in [0.717, 1.165) is 18.6 Å². The topological polar surface area (TPSA) is 75.0 Å². The molecule has 1 N–H and O–H groups in total. The number of hydrogen-bond acceptors (Lipinski definition) is 4. The highest BCUT2D eigenvalue weighted by atomic mass is 16.5. The molecular formula is C16H23N3O4. The molecule has 2 saturated heterocycles. The summed E-state index contributed by atoms with van der Waals surface area (Å²) in [6, 6.07) is 3.47. The first-order valence-electron chi connectivity index (χ1n) is 8.16. The van der Waals surface area contributed by atoms with E-state index in [4.69, 9.17) is 9.15 Å². The summed E-state index contributed by atoms with van der Waals surface area (Å²) in [5.41, 5.74) is 0. The van der Waals surface area contributed by atoms with E-state index in [1.54, 1.807) is 17.2 Å². The lowest BCUT2D eigenvalue weighted by Crippen LogP contribution is -2.51. The zero-order valence-electron chi connectivity index (χ0n) is 13.2. The van der Waals surface area contributed by atoms with Gasteiger partial charge in [0.2, 0.25) is 5.91 Å². The summed E-state index contributed by atoms with van der Waals surface area (Å²) in [6.07, 6.45) is 3.28. The van der Waals surface area contributed by atoms with E-state index in [9.17, 15) is 9.59 Å². The van der Waals surface area contributed by atoms with Gasteiger partial charge < -0.3 is 24.3 Å². The first-order valence-corrected chi connectivity index (χ1v) is 8.16. The van der Waals surface area contributed by atoms with Gasteiger partial charge in [0.15, 0.2) is 0 Å². The van der Waals surface area contributed by atoms with Crippen LogP contribution in [0.15, 0.2) is 22.8 Å². The van der Waals surface area contributed by atoms with E-state index in [2.05, 4.69) is 5.32 Å². The molecule has 1 aromatic rings. The number of morpholine rings is 1. The number of nitrogens with zero attached hydrogens (tertiary/aromatic N) is 2. The van der Waals surface area contributed by atoms with E-state index >= 15 is 0 Å². The molecule has 1 atom stereocenters. The van der Waals surface area contributed by atoms with Crippen LogP contribution in [0.4, 0.5) is 4.79 Å². The number of carbonyl (C=O) groups excluding carboxylic acids is 2. The normalized spacial score (nSPS) is 22.0. The molecule has 2 fully saturated rings. The Balaban J connectivity index is 1.50. The predicted molar refractivity (Wildman–Crippen MR) is 82.6 cm³/mol. The van der Waals surface area contributed by atoms with Crippen molar-refractivity contribution in [2.24, 2.45) is 5.92 Å². The maximum atomic E-state index is 12.6. The minimum absolute atomic E-state index is 0.101. The average Bonchev–Trinajstić information content (AvgIpc) is 3.13. The third kappa shape index (κ3) is 4.04. The summed E-state index contributed by atoms with van der Waals surface area (Å²) in [5, 5.41) is 2.84. The molecule has 0 bridgehead atoms. The van der Waals surface area contributed by atoms with Gasteiger partial charge in [0.25, 0.3) is 0 Å². The maximum Gasteiger partial charge on any atom is 0.317 e. The molecule has 2 aliphatic heterocycles. The quantitative estimate of drug-likeness (QED) is 0.903. The molecule has 0 aliphatic carbocycles. The van der Waals surface area contributed by atoms with Crippen LogP contribution in [0.1, 0.15) is 18.6 Å². The molecule has 126 valence electrons. The Morgan fingerprint density at radius 1 is 1.22 bits per heavy atom. The summed E-state index contributed by atoms with van der Waals surface area (Å²) in [6.45, 7) is 4.05. The second-order valence-electron chi connectivity index (χ2n) is 5.96. The zero-order valence-corrected chi connectivity index (χ0v) is 13.2. The van der Waals surface area contributed by atoms with Gasteiger partial charge in [-0.3, -0.25) is 4.79 Å². The van der Waals surface area contributed by atoms with Crippen LogP contribution in [0.3, 0.4) is 0 Å². The summed E-state index contributed by atoms with van der Waals surface area (Å²) in [7, 11) is 0. The van der Waals surface area contributed by atoms with Gasteiger partial charge in [-0.05, 0) is 25.0 Å². The van der Waals surface area contributed by atoms with E-state index in [1.165, 1.54) is 0 Å². The molecule has 3 rings (SSSR count). The molecule has 0 aromatic carbocycles. The number of urea groups is 1. The highest BCUT2D eigenvalue weighted by molar-refractivity contribution is 5.81.